The van der Waals surface area contributed by atoms with Crippen molar-refractivity contribution >= 4 is 51.5 Å². The average molecular weight is 366 g/mol. The maximum atomic E-state index is 11.4. The van der Waals surface area contributed by atoms with E-state index in [9.17, 15) is 4.79 Å². The van der Waals surface area contributed by atoms with Crippen LogP contribution >= 0.6 is 24.0 Å². The molecule has 1 amide bonds. The second-order valence-electron chi connectivity index (χ2n) is 5.35. The number of carbonyl (C=O) groups excluding carboxylic acids is 1. The molecule has 1 aliphatic heterocycles. The van der Waals surface area contributed by atoms with Crippen molar-refractivity contribution in [1.29, 1.82) is 0 Å². The number of hydrogen-bond acceptors (Lipinski definition) is 4. The lowest BCUT2D eigenvalue weighted by atomic mass is 10.2. The zero-order chi connectivity index (χ0) is 17.5. The Morgan fingerprint density at radius 1 is 1.29 bits per heavy atom. The highest BCUT2D eigenvalue weighted by Gasteiger charge is 2.18. The van der Waals surface area contributed by atoms with E-state index in [1.54, 1.807) is 6.92 Å². The third-order valence-electron chi connectivity index (χ3n) is 3.71. The molecule has 1 fully saturated rings. The average Bonchev–Trinajstić information content (AvgIpc) is 2.55. The molecule has 0 spiro atoms. The van der Waals surface area contributed by atoms with Crippen molar-refractivity contribution < 1.29 is 4.79 Å². The van der Waals surface area contributed by atoms with Crippen molar-refractivity contribution in [2.75, 3.05) is 42.1 Å². The van der Waals surface area contributed by atoms with Crippen LogP contribution < -0.4 is 16.0 Å². The number of amidine groups is 1. The van der Waals surface area contributed by atoms with Gasteiger partial charge in [-0.3, -0.25) is 4.79 Å². The Hall–Kier alpha value is -1.80. The van der Waals surface area contributed by atoms with E-state index in [-0.39, 0.29) is 5.91 Å². The summed E-state index contributed by atoms with van der Waals surface area (Å²) in [4.78, 5) is 19.7. The van der Waals surface area contributed by atoms with Gasteiger partial charge >= 0.3 is 0 Å². The molecule has 0 unspecified atom stereocenters. The van der Waals surface area contributed by atoms with Gasteiger partial charge in [0.2, 0.25) is 5.91 Å². The van der Waals surface area contributed by atoms with Gasteiger partial charge in [0.25, 0.3) is 0 Å². The summed E-state index contributed by atoms with van der Waals surface area (Å²) in [6.45, 7) is 6.86. The monoisotopic (exact) mass is 365 g/mol. The van der Waals surface area contributed by atoms with E-state index in [0.29, 0.717) is 10.3 Å². The van der Waals surface area contributed by atoms with Crippen LogP contribution in [-0.2, 0) is 4.79 Å². The molecule has 0 aromatic heterocycles. The molecule has 1 saturated heterocycles. The second-order valence-corrected chi connectivity index (χ2v) is 7.02. The van der Waals surface area contributed by atoms with Gasteiger partial charge in [-0.2, -0.15) is 4.99 Å². The van der Waals surface area contributed by atoms with Gasteiger partial charge in [0.05, 0.1) is 0 Å². The molecule has 6 nitrogen and oxygen atoms in total. The van der Waals surface area contributed by atoms with Crippen molar-refractivity contribution in [3.8, 4) is 0 Å². The van der Waals surface area contributed by atoms with Crippen molar-refractivity contribution in [2.45, 2.75) is 13.8 Å². The second kappa shape index (κ2) is 8.89. The Morgan fingerprint density at radius 2 is 1.92 bits per heavy atom. The predicted molar refractivity (Wildman–Crippen MR) is 107 cm³/mol. The summed E-state index contributed by atoms with van der Waals surface area (Å²) in [5.41, 5.74) is 7.76. The number of piperazine rings is 1. The minimum Gasteiger partial charge on any atom is -0.378 e. The standard InChI is InChI=1S/C16H23N5OS2/c1-3-24-15(17)19-16(23)18-13-4-6-14(7-5-13)21-10-8-20(9-11-21)12(2)22/h4-7H,3,8-11H2,1-2H3,(H3,17,18,19,23). The van der Waals surface area contributed by atoms with Crippen molar-refractivity contribution in [2.24, 2.45) is 10.7 Å². The van der Waals surface area contributed by atoms with E-state index >= 15 is 0 Å². The first-order valence-electron chi connectivity index (χ1n) is 7.88. The number of nitrogens with two attached hydrogens (primary N) is 1. The van der Waals surface area contributed by atoms with Gasteiger partial charge in [-0.15, -0.1) is 0 Å². The lowest BCUT2D eigenvalue weighted by Crippen LogP contribution is -2.48. The van der Waals surface area contributed by atoms with Gasteiger partial charge in [-0.1, -0.05) is 18.7 Å². The fraction of sp³-hybridized carbons (Fsp3) is 0.438. The quantitative estimate of drug-likeness (QED) is 0.486. The molecular formula is C16H23N5OS2. The summed E-state index contributed by atoms with van der Waals surface area (Å²) in [7, 11) is 0. The number of rotatable bonds is 3. The van der Waals surface area contributed by atoms with Crippen LogP contribution in [0, 0.1) is 0 Å². The minimum atomic E-state index is 0.142. The van der Waals surface area contributed by atoms with E-state index in [0.717, 1.165) is 43.3 Å². The molecule has 0 bridgehead atoms. The van der Waals surface area contributed by atoms with Crippen molar-refractivity contribution in [3.63, 3.8) is 0 Å². The van der Waals surface area contributed by atoms with Crippen LogP contribution in [0.4, 0.5) is 11.4 Å². The summed E-state index contributed by atoms with van der Waals surface area (Å²) < 4.78 is 0. The van der Waals surface area contributed by atoms with Crippen LogP contribution in [0.15, 0.2) is 29.3 Å². The highest BCUT2D eigenvalue weighted by atomic mass is 32.2. The maximum absolute atomic E-state index is 11.4. The van der Waals surface area contributed by atoms with Crippen LogP contribution in [-0.4, -0.2) is 53.0 Å². The zero-order valence-electron chi connectivity index (χ0n) is 14.0. The van der Waals surface area contributed by atoms with Crippen molar-refractivity contribution in [1.82, 2.24) is 4.90 Å². The number of hydrogen-bond donors (Lipinski definition) is 2. The smallest absolute Gasteiger partial charge is 0.219 e. The Morgan fingerprint density at radius 3 is 2.46 bits per heavy atom. The van der Waals surface area contributed by atoms with Gasteiger partial charge in [-0.25, -0.2) is 0 Å². The van der Waals surface area contributed by atoms with E-state index in [4.69, 9.17) is 18.0 Å². The lowest BCUT2D eigenvalue weighted by Gasteiger charge is -2.35. The molecule has 1 aromatic rings. The normalized spacial score (nSPS) is 15.3. The Labute approximate surface area is 152 Å². The lowest BCUT2D eigenvalue weighted by molar-refractivity contribution is -0.129. The van der Waals surface area contributed by atoms with Crippen LogP contribution in [0.3, 0.4) is 0 Å². The topological polar surface area (TPSA) is 74.0 Å². The molecule has 0 aliphatic carbocycles. The van der Waals surface area contributed by atoms with Crippen LogP contribution in [0.25, 0.3) is 0 Å². The number of nitrogens with zero attached hydrogens (tertiary/aromatic N) is 3. The molecule has 130 valence electrons. The van der Waals surface area contributed by atoms with E-state index in [1.165, 1.54) is 11.8 Å². The molecule has 1 heterocycles. The first-order valence-corrected chi connectivity index (χ1v) is 9.27. The number of thiocarbonyl (C=S) groups is 1. The van der Waals surface area contributed by atoms with Gasteiger partial charge in [0.15, 0.2) is 10.3 Å². The van der Waals surface area contributed by atoms with Crippen molar-refractivity contribution in [3.05, 3.63) is 24.3 Å². The molecule has 8 heteroatoms. The van der Waals surface area contributed by atoms with Gasteiger partial charge in [0, 0.05) is 44.5 Å². The van der Waals surface area contributed by atoms with Crippen LogP contribution in [0.2, 0.25) is 0 Å². The van der Waals surface area contributed by atoms with Crippen LogP contribution in [0.1, 0.15) is 13.8 Å². The summed E-state index contributed by atoms with van der Waals surface area (Å²) in [5.74, 6) is 1.01. The Kier molecular flexibility index (Phi) is 6.86. The molecule has 3 N–H and O–H groups in total. The number of aliphatic imine (C=N–C) groups is 1. The first kappa shape index (κ1) is 18.5. The third-order valence-corrected chi connectivity index (χ3v) is 4.58. The van der Waals surface area contributed by atoms with Crippen LogP contribution in [0.5, 0.6) is 0 Å². The summed E-state index contributed by atoms with van der Waals surface area (Å²) >= 11 is 6.64. The molecule has 0 saturated carbocycles. The molecule has 1 aliphatic rings. The largest absolute Gasteiger partial charge is 0.378 e. The first-order chi connectivity index (χ1) is 11.5. The van der Waals surface area contributed by atoms with Gasteiger partial charge in [-0.05, 0) is 42.2 Å². The Balaban J connectivity index is 1.90. The molecule has 0 atom stereocenters. The number of thioether (sulfide) groups is 1. The summed E-state index contributed by atoms with van der Waals surface area (Å²) in [6.07, 6.45) is 0. The molecule has 2 rings (SSSR count). The number of anilines is 2. The molecular weight excluding hydrogens is 342 g/mol. The minimum absolute atomic E-state index is 0.142. The SMILES string of the molecule is CCS/C(N)=N/C(=S)Nc1ccc(N2CCN(C(C)=O)CC2)cc1. The molecule has 24 heavy (non-hydrogen) atoms. The number of carbonyl (C=O) groups is 1. The zero-order valence-corrected chi connectivity index (χ0v) is 15.6. The Bertz CT molecular complexity index is 609. The van der Waals surface area contributed by atoms with E-state index < -0.39 is 0 Å². The molecule has 1 aromatic carbocycles. The fourth-order valence-corrected chi connectivity index (χ4v) is 3.19. The highest BCUT2D eigenvalue weighted by molar-refractivity contribution is 8.13. The number of nitrogens with one attached hydrogen (secondary N) is 1. The maximum Gasteiger partial charge on any atom is 0.219 e. The number of benzene rings is 1. The van der Waals surface area contributed by atoms with Gasteiger partial charge < -0.3 is 20.9 Å². The summed E-state index contributed by atoms with van der Waals surface area (Å²) in [6, 6.07) is 8.03. The van der Waals surface area contributed by atoms with E-state index in [1.807, 2.05) is 36.1 Å². The highest BCUT2D eigenvalue weighted by Crippen LogP contribution is 2.19. The van der Waals surface area contributed by atoms with Gasteiger partial charge in [0.1, 0.15) is 0 Å². The predicted octanol–water partition coefficient (Wildman–Crippen LogP) is 2.12. The fourth-order valence-electron chi connectivity index (χ4n) is 2.47. The molecule has 0 radical (unpaired) electrons. The summed E-state index contributed by atoms with van der Waals surface area (Å²) in [5, 5.41) is 3.89. The third kappa shape index (κ3) is 5.38. The number of amides is 1. The van der Waals surface area contributed by atoms with E-state index in [2.05, 4.69) is 15.2 Å².